The topological polar surface area (TPSA) is 113 Å². The van der Waals surface area contributed by atoms with Gasteiger partial charge in [0.15, 0.2) is 0 Å². The fourth-order valence-corrected chi connectivity index (χ4v) is 6.57. The second-order valence-corrected chi connectivity index (χ2v) is 10.6. The molecule has 3 aliphatic rings. The Morgan fingerprint density at radius 3 is 2.53 bits per heavy atom. The van der Waals surface area contributed by atoms with Crippen molar-refractivity contribution in [2.45, 2.75) is 58.3 Å². The molecule has 8 heteroatoms. The molecule has 0 aliphatic heterocycles. The van der Waals surface area contributed by atoms with Gasteiger partial charge in [-0.25, -0.2) is 4.79 Å². The number of methoxy groups -OCH3 is 1. The molecule has 0 amide bonds. The summed E-state index contributed by atoms with van der Waals surface area (Å²) in [7, 11) is 1.39. The first-order chi connectivity index (χ1) is 14.8. The number of allylic oxidation sites excluding steroid dienone is 1. The Morgan fingerprint density at radius 1 is 1.28 bits per heavy atom. The van der Waals surface area contributed by atoms with E-state index in [0.29, 0.717) is 12.7 Å². The molecule has 0 radical (unpaired) electrons. The van der Waals surface area contributed by atoms with Crippen LogP contribution in [0.5, 0.6) is 11.5 Å². The van der Waals surface area contributed by atoms with Gasteiger partial charge < -0.3 is 24.8 Å². The largest absolute Gasteiger partial charge is 0.507 e. The van der Waals surface area contributed by atoms with Crippen LogP contribution in [0.25, 0.3) is 0 Å². The van der Waals surface area contributed by atoms with Crippen molar-refractivity contribution in [2.75, 3.05) is 7.11 Å². The number of hydrogen-bond donors (Lipinski definition) is 3. The molecule has 1 aromatic rings. The molecule has 2 fully saturated rings. The Morgan fingerprint density at radius 2 is 1.94 bits per heavy atom. The number of aliphatic hydroxyl groups is 2. The van der Waals surface area contributed by atoms with Gasteiger partial charge >= 0.3 is 5.97 Å². The number of esters is 1. The van der Waals surface area contributed by atoms with Crippen LogP contribution >= 0.6 is 11.6 Å². The molecule has 0 spiro atoms. The van der Waals surface area contributed by atoms with Gasteiger partial charge in [-0.05, 0) is 36.7 Å². The summed E-state index contributed by atoms with van der Waals surface area (Å²) < 4.78 is 10.7. The summed E-state index contributed by atoms with van der Waals surface area (Å²) in [5.41, 5.74) is -2.60. The molecule has 0 bridgehead atoms. The summed E-state index contributed by atoms with van der Waals surface area (Å²) in [6.07, 6.45) is 1.64. The van der Waals surface area contributed by atoms with Gasteiger partial charge in [0.2, 0.25) is 0 Å². The summed E-state index contributed by atoms with van der Waals surface area (Å²) in [5.74, 6) is -1.31. The first-order valence-electron chi connectivity index (χ1n) is 10.7. The minimum Gasteiger partial charge on any atom is -0.507 e. The zero-order valence-corrected chi connectivity index (χ0v) is 19.6. The Kier molecular flexibility index (Phi) is 5.20. The molecule has 4 rings (SSSR count). The van der Waals surface area contributed by atoms with Crippen molar-refractivity contribution in [3.8, 4) is 11.5 Å². The van der Waals surface area contributed by atoms with E-state index < -0.39 is 29.2 Å². The molecular formula is C24H29ClO7. The zero-order chi connectivity index (χ0) is 23.8. The van der Waals surface area contributed by atoms with Gasteiger partial charge in [0.05, 0.1) is 18.2 Å². The molecule has 1 unspecified atom stereocenters. The molecule has 1 aromatic carbocycles. The van der Waals surface area contributed by atoms with Crippen LogP contribution in [0, 0.1) is 29.6 Å². The summed E-state index contributed by atoms with van der Waals surface area (Å²) in [4.78, 5) is 25.0. The number of halogens is 1. The average molecular weight is 465 g/mol. The molecule has 7 nitrogen and oxygen atoms in total. The van der Waals surface area contributed by atoms with Crippen LogP contribution in [-0.4, -0.2) is 52.5 Å². The average Bonchev–Trinajstić information content (AvgIpc) is 2.95. The first-order valence-corrected chi connectivity index (χ1v) is 11.1. The van der Waals surface area contributed by atoms with Crippen LogP contribution in [0.3, 0.4) is 0 Å². The number of aldehydes is 1. The van der Waals surface area contributed by atoms with Gasteiger partial charge in [0.25, 0.3) is 0 Å². The van der Waals surface area contributed by atoms with Crippen LogP contribution in [-0.2, 0) is 9.53 Å². The van der Waals surface area contributed by atoms with Gasteiger partial charge in [-0.15, -0.1) is 0 Å². The van der Waals surface area contributed by atoms with E-state index in [2.05, 4.69) is 0 Å². The molecule has 32 heavy (non-hydrogen) atoms. The third-order valence-corrected chi connectivity index (χ3v) is 8.59. The van der Waals surface area contributed by atoms with Crippen molar-refractivity contribution in [3.63, 3.8) is 0 Å². The maximum atomic E-state index is 13.0. The molecule has 3 N–H and O–H groups in total. The van der Waals surface area contributed by atoms with E-state index in [9.17, 15) is 24.9 Å². The van der Waals surface area contributed by atoms with Gasteiger partial charge in [0, 0.05) is 23.0 Å². The van der Waals surface area contributed by atoms with E-state index in [0.717, 1.165) is 0 Å². The lowest BCUT2D eigenvalue weighted by Crippen LogP contribution is -2.74. The maximum Gasteiger partial charge on any atom is 0.342 e. The smallest absolute Gasteiger partial charge is 0.342 e. The Hall–Kier alpha value is -2.09. The SMILES string of the molecule is COc1cc(O)c(C(=O)O[C@@H]2C[C@]3(C)C4[C@H](C=C(C=O)[C@]23O)CC(C)(C)[C@@H]4O)c(C)c1Cl. The molecule has 174 valence electrons. The number of phenolic OH excluding ortho intramolecular Hbond substituents is 1. The number of ether oxygens (including phenoxy) is 2. The third kappa shape index (κ3) is 2.80. The molecule has 0 heterocycles. The van der Waals surface area contributed by atoms with Gasteiger partial charge in [-0.3, -0.25) is 4.79 Å². The summed E-state index contributed by atoms with van der Waals surface area (Å²) in [6.45, 7) is 7.34. The highest BCUT2D eigenvalue weighted by Gasteiger charge is 2.74. The van der Waals surface area contributed by atoms with E-state index in [1.807, 2.05) is 20.8 Å². The van der Waals surface area contributed by atoms with Crippen LogP contribution in [0.2, 0.25) is 5.02 Å². The number of aromatic hydroxyl groups is 1. The fourth-order valence-electron chi connectivity index (χ4n) is 6.34. The fraction of sp³-hybridized carbons (Fsp3) is 0.583. The number of aliphatic hydroxyl groups excluding tert-OH is 1. The van der Waals surface area contributed by atoms with E-state index in [4.69, 9.17) is 21.1 Å². The number of benzene rings is 1. The highest BCUT2D eigenvalue weighted by atomic mass is 35.5. The van der Waals surface area contributed by atoms with E-state index in [1.54, 1.807) is 13.0 Å². The lowest BCUT2D eigenvalue weighted by molar-refractivity contribution is -0.257. The van der Waals surface area contributed by atoms with Crippen LogP contribution in [0.4, 0.5) is 0 Å². The predicted molar refractivity (Wildman–Crippen MR) is 117 cm³/mol. The lowest BCUT2D eigenvalue weighted by Gasteiger charge is -2.64. The number of rotatable bonds is 4. The van der Waals surface area contributed by atoms with Crippen molar-refractivity contribution in [1.29, 1.82) is 0 Å². The third-order valence-electron chi connectivity index (χ3n) is 8.12. The predicted octanol–water partition coefficient (Wildman–Crippen LogP) is 3.19. The zero-order valence-electron chi connectivity index (χ0n) is 18.8. The normalized spacial score (nSPS) is 36.9. The molecule has 0 saturated heterocycles. The number of hydrogen-bond acceptors (Lipinski definition) is 7. The van der Waals surface area contributed by atoms with Crippen LogP contribution in [0.1, 0.15) is 49.5 Å². The van der Waals surface area contributed by atoms with E-state index in [-0.39, 0.29) is 56.9 Å². The molecule has 2 saturated carbocycles. The first kappa shape index (κ1) is 23.1. The van der Waals surface area contributed by atoms with Gasteiger partial charge in [0.1, 0.15) is 35.1 Å². The minimum absolute atomic E-state index is 0.0474. The van der Waals surface area contributed by atoms with E-state index >= 15 is 0 Å². The minimum atomic E-state index is -1.73. The van der Waals surface area contributed by atoms with Crippen molar-refractivity contribution >= 4 is 23.9 Å². The van der Waals surface area contributed by atoms with Crippen LogP contribution < -0.4 is 4.74 Å². The molecule has 3 aliphatic carbocycles. The molecule has 0 aromatic heterocycles. The van der Waals surface area contributed by atoms with Crippen LogP contribution in [0.15, 0.2) is 17.7 Å². The second-order valence-electron chi connectivity index (χ2n) is 10.3. The van der Waals surface area contributed by atoms with Gasteiger partial charge in [-0.1, -0.05) is 38.4 Å². The number of carbonyl (C=O) groups is 2. The van der Waals surface area contributed by atoms with Crippen molar-refractivity contribution in [3.05, 3.63) is 33.9 Å². The number of carbonyl (C=O) groups excluding carboxylic acids is 2. The Balaban J connectivity index is 1.68. The summed E-state index contributed by atoms with van der Waals surface area (Å²) in [5, 5.41) is 33.3. The monoisotopic (exact) mass is 464 g/mol. The highest BCUT2D eigenvalue weighted by molar-refractivity contribution is 6.33. The highest BCUT2D eigenvalue weighted by Crippen LogP contribution is 2.68. The maximum absolute atomic E-state index is 13.0. The quantitative estimate of drug-likeness (QED) is 0.463. The molecule has 6 atom stereocenters. The lowest BCUT2D eigenvalue weighted by atomic mass is 9.44. The Labute approximate surface area is 192 Å². The van der Waals surface area contributed by atoms with Gasteiger partial charge in [-0.2, -0.15) is 0 Å². The number of phenols is 1. The second kappa shape index (κ2) is 7.20. The molecular weight excluding hydrogens is 436 g/mol. The van der Waals surface area contributed by atoms with Crippen molar-refractivity contribution in [1.82, 2.24) is 0 Å². The summed E-state index contributed by atoms with van der Waals surface area (Å²) in [6, 6.07) is 1.23. The standard InChI is InChI=1S/C24H29ClO7/c1-11-17(14(27)7-15(31-5)19(11)25)21(29)32-16-9-23(4)18-12(8-22(2,3)20(18)28)6-13(10-26)24(16,23)30/h6-7,10,12,16,18,20,27-28,30H,8-9H2,1-5H3/t12-,16-,18?,20-,23-,24+/m1/s1. The van der Waals surface area contributed by atoms with Crippen molar-refractivity contribution < 1.29 is 34.4 Å². The summed E-state index contributed by atoms with van der Waals surface area (Å²) >= 11 is 6.23. The van der Waals surface area contributed by atoms with Crippen molar-refractivity contribution in [2.24, 2.45) is 22.7 Å². The number of fused-ring (bicyclic) bond motifs is 3. The van der Waals surface area contributed by atoms with E-state index in [1.165, 1.54) is 13.2 Å². The Bertz CT molecular complexity index is 1030.